The lowest BCUT2D eigenvalue weighted by molar-refractivity contribution is -0.141. The Morgan fingerprint density at radius 3 is 2.81 bits per heavy atom. The average Bonchev–Trinajstić information content (AvgIpc) is 2.64. The number of carbonyl (C=O) groups excluding carboxylic acids is 1. The van der Waals surface area contributed by atoms with Crippen LogP contribution in [0.5, 0.6) is 0 Å². The van der Waals surface area contributed by atoms with Gasteiger partial charge in [-0.15, -0.1) is 11.3 Å². The Kier molecular flexibility index (Phi) is 4.95. The number of carbonyl (C=O) groups is 2. The Hall–Kier alpha value is -0.880. The van der Waals surface area contributed by atoms with Crippen LogP contribution in [0.2, 0.25) is 0 Å². The molecular weight excluding hydrogens is 294 g/mol. The second-order valence-electron chi connectivity index (χ2n) is 3.38. The summed E-state index contributed by atoms with van der Waals surface area (Å²) in [6.45, 7) is 1.99. The summed E-state index contributed by atoms with van der Waals surface area (Å²) in [4.78, 5) is 22.8. The first kappa shape index (κ1) is 13.2. The van der Waals surface area contributed by atoms with E-state index in [1.165, 1.54) is 11.3 Å². The van der Waals surface area contributed by atoms with Gasteiger partial charge in [0.15, 0.2) is 0 Å². The van der Waals surface area contributed by atoms with E-state index in [0.717, 1.165) is 4.47 Å². The Labute approximate surface area is 106 Å². The highest BCUT2D eigenvalue weighted by Gasteiger charge is 2.13. The number of nitrogens with one attached hydrogen (secondary N) is 1. The fraction of sp³-hybridized carbons (Fsp3) is 0.400. The zero-order valence-electron chi connectivity index (χ0n) is 8.70. The van der Waals surface area contributed by atoms with Gasteiger partial charge in [0.05, 0.1) is 5.92 Å². The molecule has 0 aliphatic heterocycles. The molecule has 0 saturated heterocycles. The van der Waals surface area contributed by atoms with Crippen LogP contribution in [0.4, 0.5) is 0 Å². The van der Waals surface area contributed by atoms with Gasteiger partial charge in [-0.25, -0.2) is 0 Å². The van der Waals surface area contributed by atoms with Gasteiger partial charge in [0.1, 0.15) is 4.88 Å². The molecule has 0 aliphatic carbocycles. The summed E-state index contributed by atoms with van der Waals surface area (Å²) >= 11 is 4.61. The molecule has 1 heterocycles. The van der Waals surface area contributed by atoms with Crippen molar-refractivity contribution in [1.82, 2.24) is 5.32 Å². The standard InChI is InChI=1S/C10H12BrNO3S/c1-6(10(14)15)2-4-12-9(13)8-7(11)3-5-16-8/h3,5-6H,2,4H2,1H3,(H,12,13)(H,14,15). The summed E-state index contributed by atoms with van der Waals surface area (Å²) in [6, 6.07) is 1.81. The molecule has 0 bridgehead atoms. The Morgan fingerprint density at radius 2 is 2.31 bits per heavy atom. The molecule has 1 amide bonds. The first-order chi connectivity index (χ1) is 7.52. The van der Waals surface area contributed by atoms with E-state index in [2.05, 4.69) is 21.2 Å². The highest BCUT2D eigenvalue weighted by molar-refractivity contribution is 9.10. The molecule has 1 unspecified atom stereocenters. The summed E-state index contributed by atoms with van der Waals surface area (Å²) in [5, 5.41) is 13.2. The number of aliphatic carboxylic acids is 1. The predicted octanol–water partition coefficient (Wildman–Crippen LogP) is 2.35. The van der Waals surface area contributed by atoms with Gasteiger partial charge in [0.25, 0.3) is 5.91 Å². The minimum atomic E-state index is -0.841. The number of hydrogen-bond acceptors (Lipinski definition) is 3. The molecule has 0 aromatic carbocycles. The minimum absolute atomic E-state index is 0.167. The number of rotatable bonds is 5. The highest BCUT2D eigenvalue weighted by Crippen LogP contribution is 2.22. The second-order valence-corrected chi connectivity index (χ2v) is 5.15. The molecule has 0 radical (unpaired) electrons. The number of amides is 1. The van der Waals surface area contributed by atoms with E-state index in [1.54, 1.807) is 13.0 Å². The van der Waals surface area contributed by atoms with E-state index in [1.807, 2.05) is 5.38 Å². The van der Waals surface area contributed by atoms with Gasteiger partial charge < -0.3 is 10.4 Å². The molecule has 16 heavy (non-hydrogen) atoms. The lowest BCUT2D eigenvalue weighted by atomic mass is 10.1. The highest BCUT2D eigenvalue weighted by atomic mass is 79.9. The zero-order chi connectivity index (χ0) is 12.1. The SMILES string of the molecule is CC(CCNC(=O)c1sccc1Br)C(=O)O. The van der Waals surface area contributed by atoms with Crippen molar-refractivity contribution in [3.8, 4) is 0 Å². The third-order valence-corrected chi connectivity index (χ3v) is 3.94. The normalized spacial score (nSPS) is 12.1. The fourth-order valence-electron chi connectivity index (χ4n) is 1.06. The van der Waals surface area contributed by atoms with E-state index in [9.17, 15) is 9.59 Å². The number of carboxylic acid groups (broad SMARTS) is 1. The zero-order valence-corrected chi connectivity index (χ0v) is 11.1. The van der Waals surface area contributed by atoms with Crippen molar-refractivity contribution in [1.29, 1.82) is 0 Å². The van der Waals surface area contributed by atoms with Crippen LogP contribution in [0, 0.1) is 5.92 Å². The summed E-state index contributed by atoms with van der Waals surface area (Å²) in [5.41, 5.74) is 0. The quantitative estimate of drug-likeness (QED) is 0.877. The molecule has 0 fully saturated rings. The van der Waals surface area contributed by atoms with Gasteiger partial charge in [-0.1, -0.05) is 6.92 Å². The molecule has 1 aromatic rings. The molecule has 1 aromatic heterocycles. The van der Waals surface area contributed by atoms with Crippen LogP contribution >= 0.6 is 27.3 Å². The first-order valence-corrected chi connectivity index (χ1v) is 6.43. The average molecular weight is 306 g/mol. The van der Waals surface area contributed by atoms with E-state index in [0.29, 0.717) is 17.8 Å². The van der Waals surface area contributed by atoms with Gasteiger partial charge in [-0.3, -0.25) is 9.59 Å². The molecular formula is C10H12BrNO3S. The Morgan fingerprint density at radius 1 is 1.62 bits per heavy atom. The van der Waals surface area contributed by atoms with Gasteiger partial charge >= 0.3 is 5.97 Å². The number of hydrogen-bond donors (Lipinski definition) is 2. The van der Waals surface area contributed by atoms with Crippen molar-refractivity contribution in [2.24, 2.45) is 5.92 Å². The molecule has 88 valence electrons. The Bertz CT molecular complexity index is 391. The largest absolute Gasteiger partial charge is 0.481 e. The smallest absolute Gasteiger partial charge is 0.306 e. The van der Waals surface area contributed by atoms with Crippen molar-refractivity contribution in [3.05, 3.63) is 20.8 Å². The fourth-order valence-corrected chi connectivity index (χ4v) is 2.53. The van der Waals surface area contributed by atoms with Gasteiger partial charge in [0, 0.05) is 11.0 Å². The molecule has 1 atom stereocenters. The maximum absolute atomic E-state index is 11.6. The van der Waals surface area contributed by atoms with Crippen LogP contribution in [0.25, 0.3) is 0 Å². The third-order valence-electron chi connectivity index (χ3n) is 2.11. The summed E-state index contributed by atoms with van der Waals surface area (Å²) in [6.07, 6.45) is 0.435. The van der Waals surface area contributed by atoms with Crippen molar-refractivity contribution in [2.75, 3.05) is 6.54 Å². The molecule has 4 nitrogen and oxygen atoms in total. The number of thiophene rings is 1. The van der Waals surface area contributed by atoms with Gasteiger partial charge in [-0.2, -0.15) is 0 Å². The second kappa shape index (κ2) is 6.00. The van der Waals surface area contributed by atoms with Crippen LogP contribution in [0.15, 0.2) is 15.9 Å². The molecule has 2 N–H and O–H groups in total. The lowest BCUT2D eigenvalue weighted by Crippen LogP contribution is -2.26. The number of carboxylic acids is 1. The van der Waals surface area contributed by atoms with Crippen LogP contribution in [-0.4, -0.2) is 23.5 Å². The molecule has 0 spiro atoms. The third kappa shape index (κ3) is 3.61. The summed E-state index contributed by atoms with van der Waals surface area (Å²) < 4.78 is 0.765. The van der Waals surface area contributed by atoms with E-state index in [-0.39, 0.29) is 5.91 Å². The van der Waals surface area contributed by atoms with Crippen LogP contribution < -0.4 is 5.32 Å². The maximum Gasteiger partial charge on any atom is 0.306 e. The summed E-state index contributed by atoms with van der Waals surface area (Å²) in [7, 11) is 0. The van der Waals surface area contributed by atoms with Crippen LogP contribution in [0.1, 0.15) is 23.0 Å². The van der Waals surface area contributed by atoms with Gasteiger partial charge in [0.2, 0.25) is 0 Å². The van der Waals surface area contributed by atoms with Crippen molar-refractivity contribution in [3.63, 3.8) is 0 Å². The molecule has 1 rings (SSSR count). The van der Waals surface area contributed by atoms with Crippen LogP contribution in [-0.2, 0) is 4.79 Å². The minimum Gasteiger partial charge on any atom is -0.481 e. The monoisotopic (exact) mass is 305 g/mol. The topological polar surface area (TPSA) is 66.4 Å². The number of halogens is 1. The maximum atomic E-state index is 11.6. The van der Waals surface area contributed by atoms with E-state index < -0.39 is 11.9 Å². The van der Waals surface area contributed by atoms with E-state index >= 15 is 0 Å². The summed E-state index contributed by atoms with van der Waals surface area (Å²) in [5.74, 6) is -1.45. The van der Waals surface area contributed by atoms with E-state index in [4.69, 9.17) is 5.11 Å². The lowest BCUT2D eigenvalue weighted by Gasteiger charge is -2.07. The van der Waals surface area contributed by atoms with Crippen LogP contribution in [0.3, 0.4) is 0 Å². The Balaban J connectivity index is 2.37. The van der Waals surface area contributed by atoms with Crippen molar-refractivity contribution < 1.29 is 14.7 Å². The first-order valence-electron chi connectivity index (χ1n) is 4.76. The molecule has 6 heteroatoms. The molecule has 0 aliphatic rings. The van der Waals surface area contributed by atoms with Crippen molar-refractivity contribution >= 4 is 39.1 Å². The van der Waals surface area contributed by atoms with Crippen molar-refractivity contribution in [2.45, 2.75) is 13.3 Å². The predicted molar refractivity (Wildman–Crippen MR) is 65.8 cm³/mol. The van der Waals surface area contributed by atoms with Gasteiger partial charge in [-0.05, 0) is 33.8 Å². The molecule has 0 saturated carbocycles.